The molecule has 35 heavy (non-hydrogen) atoms. The van der Waals surface area contributed by atoms with Gasteiger partial charge in [0, 0.05) is 12.6 Å². The highest BCUT2D eigenvalue weighted by atomic mass is 16.1. The Kier molecular flexibility index (Phi) is 9.79. The van der Waals surface area contributed by atoms with Crippen LogP contribution < -0.4 is 11.1 Å². The van der Waals surface area contributed by atoms with Gasteiger partial charge in [0.05, 0.1) is 0 Å². The Morgan fingerprint density at radius 3 is 2.00 bits per heavy atom. The average Bonchev–Trinajstić information content (AvgIpc) is 3.57. The van der Waals surface area contributed by atoms with E-state index in [2.05, 4.69) is 34.5 Å². The van der Waals surface area contributed by atoms with Crippen LogP contribution in [0.4, 0.5) is 0 Å². The van der Waals surface area contributed by atoms with E-state index < -0.39 is 5.41 Å². The predicted octanol–water partition coefficient (Wildman–Crippen LogP) is 5.65. The molecule has 0 radical (unpaired) electrons. The molecule has 2 aromatic rings. The van der Waals surface area contributed by atoms with Crippen LogP contribution in [-0.4, -0.2) is 43.0 Å². The summed E-state index contributed by atoms with van der Waals surface area (Å²) in [6, 6.07) is 21.2. The maximum atomic E-state index is 13.2. The Morgan fingerprint density at radius 1 is 0.829 bits per heavy atom. The monoisotopic (exact) mass is 475 g/mol. The van der Waals surface area contributed by atoms with Gasteiger partial charge in [0.15, 0.2) is 0 Å². The third-order valence-electron chi connectivity index (χ3n) is 8.42. The molecular formula is C31H45N3O. The molecule has 1 amide bonds. The van der Waals surface area contributed by atoms with E-state index in [4.69, 9.17) is 5.73 Å². The van der Waals surface area contributed by atoms with E-state index in [0.29, 0.717) is 0 Å². The van der Waals surface area contributed by atoms with Crippen LogP contribution in [0.5, 0.6) is 0 Å². The fraction of sp³-hybridized carbons (Fsp3) is 0.581. The highest BCUT2D eigenvalue weighted by molar-refractivity contribution is 5.91. The van der Waals surface area contributed by atoms with Crippen molar-refractivity contribution >= 4 is 5.91 Å². The summed E-state index contributed by atoms with van der Waals surface area (Å²) in [5.41, 5.74) is 7.49. The number of rotatable bonds is 14. The number of benzene rings is 2. The molecule has 1 aliphatic carbocycles. The summed E-state index contributed by atoms with van der Waals surface area (Å²) >= 11 is 0. The second-order valence-electron chi connectivity index (χ2n) is 10.7. The number of nitrogens with one attached hydrogen (secondary N) is 1. The van der Waals surface area contributed by atoms with E-state index in [0.717, 1.165) is 43.2 Å². The van der Waals surface area contributed by atoms with Crippen molar-refractivity contribution in [2.75, 3.05) is 26.2 Å². The standard InChI is InChI=1S/C31H45N3O/c32-30(35)31(26-15-7-5-8-16-26,27-17-9-6-10-18-27)28-21-24-34(25-28)23-14-4-2-1-3-13-22-33-29-19-11-12-20-29/h5-10,15-18,28-29,33H,1-4,11-14,19-25H2,(H2,32,35)/t28-/m1/s1. The minimum Gasteiger partial charge on any atom is -0.369 e. The number of carbonyl (C=O) groups excluding carboxylic acids is 1. The molecule has 1 saturated carbocycles. The number of primary amides is 1. The maximum Gasteiger partial charge on any atom is 0.232 e. The van der Waals surface area contributed by atoms with Gasteiger partial charge in [0.2, 0.25) is 5.91 Å². The van der Waals surface area contributed by atoms with Gasteiger partial charge in [-0.15, -0.1) is 0 Å². The summed E-state index contributed by atoms with van der Waals surface area (Å²) in [5, 5.41) is 3.73. The van der Waals surface area contributed by atoms with Gasteiger partial charge in [-0.25, -0.2) is 0 Å². The third kappa shape index (κ3) is 6.54. The van der Waals surface area contributed by atoms with Crippen LogP contribution in [0, 0.1) is 5.92 Å². The van der Waals surface area contributed by atoms with Crippen molar-refractivity contribution in [3.63, 3.8) is 0 Å². The minimum absolute atomic E-state index is 0.192. The molecule has 0 spiro atoms. The highest BCUT2D eigenvalue weighted by Crippen LogP contribution is 2.43. The minimum atomic E-state index is -0.774. The van der Waals surface area contributed by atoms with Crippen LogP contribution >= 0.6 is 0 Å². The molecular weight excluding hydrogens is 430 g/mol. The molecule has 0 unspecified atom stereocenters. The molecule has 4 rings (SSSR count). The lowest BCUT2D eigenvalue weighted by Gasteiger charge is -2.37. The van der Waals surface area contributed by atoms with Gasteiger partial charge in [-0.2, -0.15) is 0 Å². The van der Waals surface area contributed by atoms with E-state index in [1.807, 2.05) is 36.4 Å². The number of carbonyl (C=O) groups is 1. The van der Waals surface area contributed by atoms with Crippen LogP contribution in [0.2, 0.25) is 0 Å². The molecule has 3 N–H and O–H groups in total. The van der Waals surface area contributed by atoms with Crippen molar-refractivity contribution in [1.82, 2.24) is 10.2 Å². The predicted molar refractivity (Wildman–Crippen MR) is 145 cm³/mol. The lowest BCUT2D eigenvalue weighted by Crippen LogP contribution is -2.49. The first-order valence-electron chi connectivity index (χ1n) is 14.1. The lowest BCUT2D eigenvalue weighted by molar-refractivity contribution is -0.123. The number of hydrogen-bond donors (Lipinski definition) is 2. The van der Waals surface area contributed by atoms with Crippen LogP contribution in [0.15, 0.2) is 60.7 Å². The Balaban J connectivity index is 1.24. The van der Waals surface area contributed by atoms with E-state index in [1.54, 1.807) is 0 Å². The zero-order chi connectivity index (χ0) is 24.3. The van der Waals surface area contributed by atoms with Crippen LogP contribution in [0.25, 0.3) is 0 Å². The Labute approximate surface area is 212 Å². The maximum absolute atomic E-state index is 13.2. The van der Waals surface area contributed by atoms with Crippen molar-refractivity contribution < 1.29 is 4.79 Å². The molecule has 2 fully saturated rings. The molecule has 1 aliphatic heterocycles. The van der Waals surface area contributed by atoms with Gasteiger partial charge in [-0.05, 0) is 68.8 Å². The summed E-state index contributed by atoms with van der Waals surface area (Å²) in [7, 11) is 0. The van der Waals surface area contributed by atoms with Gasteiger partial charge in [-0.3, -0.25) is 4.79 Å². The van der Waals surface area contributed by atoms with Crippen LogP contribution in [-0.2, 0) is 10.2 Å². The summed E-state index contributed by atoms with van der Waals surface area (Å²) < 4.78 is 0. The van der Waals surface area contributed by atoms with E-state index in [-0.39, 0.29) is 11.8 Å². The number of likely N-dealkylation sites (tertiary alicyclic amines) is 1. The van der Waals surface area contributed by atoms with Gasteiger partial charge >= 0.3 is 0 Å². The topological polar surface area (TPSA) is 58.4 Å². The molecule has 1 atom stereocenters. The van der Waals surface area contributed by atoms with Gasteiger partial charge in [0.25, 0.3) is 0 Å². The first kappa shape index (κ1) is 25.9. The zero-order valence-electron chi connectivity index (χ0n) is 21.5. The molecule has 2 aromatic carbocycles. The summed E-state index contributed by atoms with van der Waals surface area (Å²) in [5.74, 6) is -0.0404. The molecule has 2 aliphatic rings. The quantitative estimate of drug-likeness (QED) is 0.347. The van der Waals surface area contributed by atoms with E-state index in [9.17, 15) is 4.79 Å². The molecule has 0 bridgehead atoms. The SMILES string of the molecule is NC(=O)C(c1ccccc1)(c1ccccc1)[C@@H]1CCN(CCCCCCCCNC2CCCC2)C1. The van der Waals surface area contributed by atoms with Gasteiger partial charge < -0.3 is 16.0 Å². The Hall–Kier alpha value is -2.17. The molecule has 4 nitrogen and oxygen atoms in total. The molecule has 1 heterocycles. The smallest absolute Gasteiger partial charge is 0.232 e. The molecule has 4 heteroatoms. The van der Waals surface area contributed by atoms with E-state index in [1.165, 1.54) is 70.8 Å². The van der Waals surface area contributed by atoms with Crippen LogP contribution in [0.1, 0.15) is 81.8 Å². The number of amides is 1. The molecule has 190 valence electrons. The zero-order valence-corrected chi connectivity index (χ0v) is 21.5. The molecule has 0 aromatic heterocycles. The summed E-state index contributed by atoms with van der Waals surface area (Å²) in [6.07, 6.45) is 14.5. The van der Waals surface area contributed by atoms with Gasteiger partial charge in [-0.1, -0.05) is 99.2 Å². The second-order valence-corrected chi connectivity index (χ2v) is 10.7. The largest absolute Gasteiger partial charge is 0.369 e. The van der Waals surface area contributed by atoms with E-state index >= 15 is 0 Å². The fourth-order valence-electron chi connectivity index (χ4n) is 6.52. The van der Waals surface area contributed by atoms with Crippen molar-refractivity contribution in [1.29, 1.82) is 0 Å². The number of hydrogen-bond acceptors (Lipinski definition) is 3. The van der Waals surface area contributed by atoms with Crippen molar-refractivity contribution in [2.24, 2.45) is 11.7 Å². The lowest BCUT2D eigenvalue weighted by atomic mass is 9.64. The summed E-state index contributed by atoms with van der Waals surface area (Å²) in [6.45, 7) is 4.30. The number of nitrogens with two attached hydrogens (primary N) is 1. The van der Waals surface area contributed by atoms with Gasteiger partial charge in [0.1, 0.15) is 5.41 Å². The second kappa shape index (κ2) is 13.2. The first-order valence-corrected chi connectivity index (χ1v) is 14.1. The fourth-order valence-corrected chi connectivity index (χ4v) is 6.52. The average molecular weight is 476 g/mol. The third-order valence-corrected chi connectivity index (χ3v) is 8.42. The Morgan fingerprint density at radius 2 is 1.40 bits per heavy atom. The normalized spacial score (nSPS) is 19.4. The Bertz CT molecular complexity index is 839. The van der Waals surface area contributed by atoms with Crippen molar-refractivity contribution in [3.05, 3.63) is 71.8 Å². The van der Waals surface area contributed by atoms with Crippen molar-refractivity contribution in [3.8, 4) is 0 Å². The van der Waals surface area contributed by atoms with Crippen molar-refractivity contribution in [2.45, 2.75) is 82.1 Å². The molecule has 1 saturated heterocycles. The van der Waals surface area contributed by atoms with Crippen LogP contribution in [0.3, 0.4) is 0 Å². The number of unbranched alkanes of at least 4 members (excludes halogenated alkanes) is 5. The highest BCUT2D eigenvalue weighted by Gasteiger charge is 2.49. The summed E-state index contributed by atoms with van der Waals surface area (Å²) in [4.78, 5) is 15.8. The number of nitrogens with zero attached hydrogens (tertiary/aromatic N) is 1. The first-order chi connectivity index (χ1) is 17.2.